The van der Waals surface area contributed by atoms with Gasteiger partial charge in [0.2, 0.25) is 5.91 Å². The Labute approximate surface area is 166 Å². The molecule has 0 atom stereocenters. The van der Waals surface area contributed by atoms with Gasteiger partial charge in [-0.1, -0.05) is 19.1 Å². The zero-order chi connectivity index (χ0) is 20.6. The van der Waals surface area contributed by atoms with Crippen LogP contribution in [0.5, 0.6) is 5.75 Å². The topological polar surface area (TPSA) is 79.5 Å². The molecule has 0 aromatic heterocycles. The lowest BCUT2D eigenvalue weighted by Crippen LogP contribution is -2.40. The molecule has 0 heterocycles. The van der Waals surface area contributed by atoms with Gasteiger partial charge in [-0.05, 0) is 57.5 Å². The number of nitrogens with one attached hydrogen (secondary N) is 3. The van der Waals surface area contributed by atoms with E-state index in [0.717, 1.165) is 17.9 Å². The molecule has 0 aliphatic rings. The maximum absolute atomic E-state index is 12.3. The number of carbonyl (C=O) groups is 2. The molecule has 0 spiro atoms. The molecule has 3 N–H and O–H groups in total. The Kier molecular flexibility index (Phi) is 7.44. The summed E-state index contributed by atoms with van der Waals surface area (Å²) in [6, 6.07) is 14.4. The Morgan fingerprint density at radius 1 is 1.00 bits per heavy atom. The Morgan fingerprint density at radius 3 is 2.43 bits per heavy atom. The van der Waals surface area contributed by atoms with Crippen molar-refractivity contribution in [2.75, 3.05) is 23.8 Å². The number of rotatable bonds is 8. The SMILES string of the molecule is CCCOc1cccc(NCC(=O)Nc2cccc(C(=O)NC(C)(C)C)c2)c1. The highest BCUT2D eigenvalue weighted by Gasteiger charge is 2.15. The second-order valence-electron chi connectivity index (χ2n) is 7.56. The standard InChI is InChI=1S/C22H29N3O3/c1-5-12-28-19-11-7-9-17(14-19)23-15-20(26)24-18-10-6-8-16(13-18)21(27)25-22(2,3)4/h6-11,13-14,23H,5,12,15H2,1-4H3,(H,24,26)(H,25,27). The van der Waals surface area contributed by atoms with Crippen molar-refractivity contribution in [1.29, 1.82) is 0 Å². The van der Waals surface area contributed by atoms with E-state index >= 15 is 0 Å². The van der Waals surface area contributed by atoms with Crippen LogP contribution in [0.2, 0.25) is 0 Å². The van der Waals surface area contributed by atoms with E-state index in [0.29, 0.717) is 17.9 Å². The van der Waals surface area contributed by atoms with Gasteiger partial charge in [-0.2, -0.15) is 0 Å². The fourth-order valence-corrected chi connectivity index (χ4v) is 2.45. The second-order valence-corrected chi connectivity index (χ2v) is 7.56. The summed E-state index contributed by atoms with van der Waals surface area (Å²) < 4.78 is 5.59. The average molecular weight is 383 g/mol. The summed E-state index contributed by atoms with van der Waals surface area (Å²) in [5, 5.41) is 8.79. The maximum Gasteiger partial charge on any atom is 0.251 e. The molecule has 150 valence electrons. The molecule has 0 fully saturated rings. The Morgan fingerprint density at radius 2 is 1.71 bits per heavy atom. The third-order valence-electron chi connectivity index (χ3n) is 3.66. The molecule has 0 unspecified atom stereocenters. The van der Waals surface area contributed by atoms with Crippen molar-refractivity contribution < 1.29 is 14.3 Å². The number of hydrogen-bond donors (Lipinski definition) is 3. The first kappa shape index (κ1) is 21.3. The first-order valence-corrected chi connectivity index (χ1v) is 9.46. The van der Waals surface area contributed by atoms with Gasteiger partial charge >= 0.3 is 0 Å². The van der Waals surface area contributed by atoms with Crippen LogP contribution < -0.4 is 20.7 Å². The molecule has 2 aromatic carbocycles. The van der Waals surface area contributed by atoms with Crippen molar-refractivity contribution in [1.82, 2.24) is 5.32 Å². The fraction of sp³-hybridized carbons (Fsp3) is 0.364. The lowest BCUT2D eigenvalue weighted by Gasteiger charge is -2.20. The smallest absolute Gasteiger partial charge is 0.251 e. The highest BCUT2D eigenvalue weighted by molar-refractivity contribution is 5.98. The first-order valence-electron chi connectivity index (χ1n) is 9.46. The average Bonchev–Trinajstić information content (AvgIpc) is 2.64. The lowest BCUT2D eigenvalue weighted by molar-refractivity contribution is -0.114. The van der Waals surface area contributed by atoms with E-state index in [9.17, 15) is 9.59 Å². The van der Waals surface area contributed by atoms with E-state index in [1.807, 2.05) is 52.0 Å². The molecule has 2 aromatic rings. The fourth-order valence-electron chi connectivity index (χ4n) is 2.45. The van der Waals surface area contributed by atoms with Gasteiger partial charge in [-0.3, -0.25) is 9.59 Å². The van der Waals surface area contributed by atoms with Crippen molar-refractivity contribution in [3.63, 3.8) is 0 Å². The van der Waals surface area contributed by atoms with Crippen LogP contribution in [0.3, 0.4) is 0 Å². The molecule has 28 heavy (non-hydrogen) atoms. The van der Waals surface area contributed by atoms with Crippen molar-refractivity contribution in [3.05, 3.63) is 54.1 Å². The zero-order valence-corrected chi connectivity index (χ0v) is 17.0. The van der Waals surface area contributed by atoms with Gasteiger partial charge in [0, 0.05) is 28.5 Å². The van der Waals surface area contributed by atoms with E-state index in [1.54, 1.807) is 24.3 Å². The van der Waals surface area contributed by atoms with Crippen molar-refractivity contribution >= 4 is 23.2 Å². The van der Waals surface area contributed by atoms with Crippen LogP contribution in [-0.4, -0.2) is 30.5 Å². The van der Waals surface area contributed by atoms with Crippen LogP contribution in [0.4, 0.5) is 11.4 Å². The van der Waals surface area contributed by atoms with Gasteiger partial charge in [-0.15, -0.1) is 0 Å². The summed E-state index contributed by atoms with van der Waals surface area (Å²) in [5.41, 5.74) is 1.56. The van der Waals surface area contributed by atoms with E-state index in [1.165, 1.54) is 0 Å². The minimum Gasteiger partial charge on any atom is -0.494 e. The van der Waals surface area contributed by atoms with Crippen LogP contribution in [-0.2, 0) is 4.79 Å². The van der Waals surface area contributed by atoms with Gasteiger partial charge in [0.15, 0.2) is 0 Å². The molecule has 0 saturated carbocycles. The van der Waals surface area contributed by atoms with Crippen molar-refractivity contribution in [3.8, 4) is 5.75 Å². The van der Waals surface area contributed by atoms with Gasteiger partial charge in [0.05, 0.1) is 13.2 Å². The largest absolute Gasteiger partial charge is 0.494 e. The van der Waals surface area contributed by atoms with Crippen LogP contribution in [0, 0.1) is 0 Å². The first-order chi connectivity index (χ1) is 13.3. The third-order valence-corrected chi connectivity index (χ3v) is 3.66. The number of ether oxygens (including phenoxy) is 1. The van der Waals surface area contributed by atoms with Gasteiger partial charge in [0.25, 0.3) is 5.91 Å². The van der Waals surface area contributed by atoms with Crippen molar-refractivity contribution in [2.24, 2.45) is 0 Å². The molecule has 0 radical (unpaired) electrons. The quantitative estimate of drug-likeness (QED) is 0.642. The monoisotopic (exact) mass is 383 g/mol. The molecular weight excluding hydrogens is 354 g/mol. The second kappa shape index (κ2) is 9.78. The Bertz CT molecular complexity index is 813. The maximum atomic E-state index is 12.3. The van der Waals surface area contributed by atoms with Gasteiger partial charge < -0.3 is 20.7 Å². The Balaban J connectivity index is 1.91. The number of carbonyl (C=O) groups excluding carboxylic acids is 2. The predicted molar refractivity (Wildman–Crippen MR) is 113 cm³/mol. The molecule has 6 nitrogen and oxygen atoms in total. The molecular formula is C22H29N3O3. The summed E-state index contributed by atoms with van der Waals surface area (Å²) >= 11 is 0. The van der Waals surface area contributed by atoms with Gasteiger partial charge in [0.1, 0.15) is 5.75 Å². The minimum absolute atomic E-state index is 0.107. The van der Waals surface area contributed by atoms with Crippen LogP contribution >= 0.6 is 0 Å². The minimum atomic E-state index is -0.324. The van der Waals surface area contributed by atoms with E-state index < -0.39 is 0 Å². The lowest BCUT2D eigenvalue weighted by atomic mass is 10.1. The highest BCUT2D eigenvalue weighted by Crippen LogP contribution is 2.17. The van der Waals surface area contributed by atoms with Crippen LogP contribution in [0.1, 0.15) is 44.5 Å². The molecule has 2 rings (SSSR count). The number of benzene rings is 2. The van der Waals surface area contributed by atoms with E-state index in [2.05, 4.69) is 16.0 Å². The number of anilines is 2. The normalized spacial score (nSPS) is 10.9. The van der Waals surface area contributed by atoms with Crippen LogP contribution in [0.25, 0.3) is 0 Å². The third kappa shape index (κ3) is 7.31. The molecule has 0 aliphatic carbocycles. The van der Waals surface area contributed by atoms with Crippen LogP contribution in [0.15, 0.2) is 48.5 Å². The molecule has 6 heteroatoms. The van der Waals surface area contributed by atoms with Crippen molar-refractivity contribution in [2.45, 2.75) is 39.7 Å². The zero-order valence-electron chi connectivity index (χ0n) is 17.0. The highest BCUT2D eigenvalue weighted by atomic mass is 16.5. The number of amides is 2. The summed E-state index contributed by atoms with van der Waals surface area (Å²) in [5.74, 6) is 0.392. The Hall–Kier alpha value is -3.02. The van der Waals surface area contributed by atoms with Gasteiger partial charge in [-0.25, -0.2) is 0 Å². The molecule has 0 bridgehead atoms. The predicted octanol–water partition coefficient (Wildman–Crippen LogP) is 4.05. The summed E-state index contributed by atoms with van der Waals surface area (Å²) in [6.45, 7) is 8.58. The summed E-state index contributed by atoms with van der Waals surface area (Å²) in [4.78, 5) is 24.5. The van der Waals surface area contributed by atoms with E-state index in [-0.39, 0.29) is 23.9 Å². The molecule has 2 amide bonds. The summed E-state index contributed by atoms with van der Waals surface area (Å²) in [7, 11) is 0. The molecule has 0 aliphatic heterocycles. The molecule has 0 saturated heterocycles. The van der Waals surface area contributed by atoms with E-state index in [4.69, 9.17) is 4.74 Å². The summed E-state index contributed by atoms with van der Waals surface area (Å²) in [6.07, 6.45) is 0.937. The number of hydrogen-bond acceptors (Lipinski definition) is 4.